The summed E-state index contributed by atoms with van der Waals surface area (Å²) < 4.78 is 7.80. The lowest BCUT2D eigenvalue weighted by Crippen LogP contribution is -2.31. The van der Waals surface area contributed by atoms with Crippen molar-refractivity contribution in [3.8, 4) is 5.75 Å². The Hall–Kier alpha value is -1.59. The van der Waals surface area contributed by atoms with Crippen LogP contribution in [0.3, 0.4) is 0 Å². The number of hydrogen-bond donors (Lipinski definition) is 1. The zero-order chi connectivity index (χ0) is 13.9. The third-order valence-corrected chi connectivity index (χ3v) is 3.70. The quantitative estimate of drug-likeness (QED) is 0.851. The van der Waals surface area contributed by atoms with Crippen molar-refractivity contribution in [2.45, 2.75) is 18.9 Å². The number of ether oxygens (including phenoxy) is 1. The van der Waals surface area contributed by atoms with Gasteiger partial charge in [0.05, 0.1) is 0 Å². The number of rotatable bonds is 5. The highest BCUT2D eigenvalue weighted by molar-refractivity contribution is 6.30. The predicted molar refractivity (Wildman–Crippen MR) is 77.1 cm³/mol. The summed E-state index contributed by atoms with van der Waals surface area (Å²) in [6.07, 6.45) is 3.67. The molecule has 1 atom stereocenters. The molecule has 0 radical (unpaired) electrons. The fourth-order valence-electron chi connectivity index (χ4n) is 2.40. The van der Waals surface area contributed by atoms with Crippen LogP contribution < -0.4 is 10.1 Å². The van der Waals surface area contributed by atoms with Crippen LogP contribution in [0.4, 0.5) is 0 Å². The van der Waals surface area contributed by atoms with Crippen LogP contribution in [0.25, 0.3) is 0 Å². The van der Waals surface area contributed by atoms with Crippen LogP contribution in [0.15, 0.2) is 24.5 Å². The zero-order valence-electron chi connectivity index (χ0n) is 11.3. The van der Waals surface area contributed by atoms with Crippen LogP contribution in [-0.4, -0.2) is 34.0 Å². The Morgan fingerprint density at radius 1 is 1.50 bits per heavy atom. The van der Waals surface area contributed by atoms with Crippen LogP contribution >= 0.6 is 11.6 Å². The van der Waals surface area contributed by atoms with E-state index < -0.39 is 0 Å². The second-order valence-electron chi connectivity index (χ2n) is 5.01. The Morgan fingerprint density at radius 2 is 2.40 bits per heavy atom. The Kier molecular flexibility index (Phi) is 3.89. The molecule has 0 amide bonds. The first-order valence-corrected chi connectivity index (χ1v) is 7.09. The van der Waals surface area contributed by atoms with Gasteiger partial charge in [-0.1, -0.05) is 11.6 Å². The summed E-state index contributed by atoms with van der Waals surface area (Å²) in [6.45, 7) is 1.69. The van der Waals surface area contributed by atoms with Gasteiger partial charge >= 0.3 is 0 Å². The number of halogens is 1. The third-order valence-electron chi connectivity index (χ3n) is 3.47. The first-order valence-electron chi connectivity index (χ1n) is 6.71. The molecule has 0 spiro atoms. The van der Waals surface area contributed by atoms with Gasteiger partial charge in [0.25, 0.3) is 0 Å². The van der Waals surface area contributed by atoms with Crippen molar-refractivity contribution in [1.29, 1.82) is 0 Å². The Labute approximate surface area is 122 Å². The molecule has 1 aliphatic heterocycles. The first-order chi connectivity index (χ1) is 9.72. The lowest BCUT2D eigenvalue weighted by atomic mass is 10.1. The lowest BCUT2D eigenvalue weighted by Gasteiger charge is -2.11. The molecule has 5 nitrogen and oxygen atoms in total. The molecular formula is C14H17ClN4O. The zero-order valence-corrected chi connectivity index (χ0v) is 12.1. The highest BCUT2D eigenvalue weighted by Gasteiger charge is 2.22. The van der Waals surface area contributed by atoms with Gasteiger partial charge in [-0.2, -0.15) is 0 Å². The second kappa shape index (κ2) is 5.81. The van der Waals surface area contributed by atoms with E-state index in [1.165, 1.54) is 5.56 Å². The van der Waals surface area contributed by atoms with Crippen LogP contribution in [0.2, 0.25) is 5.02 Å². The van der Waals surface area contributed by atoms with Crippen molar-refractivity contribution in [2.24, 2.45) is 7.05 Å². The maximum Gasteiger partial charge on any atom is 0.133 e. The molecule has 1 unspecified atom stereocenters. The van der Waals surface area contributed by atoms with E-state index in [0.717, 1.165) is 42.5 Å². The summed E-state index contributed by atoms with van der Waals surface area (Å²) in [5, 5.41) is 12.1. The molecule has 0 aliphatic carbocycles. The van der Waals surface area contributed by atoms with E-state index in [1.54, 1.807) is 6.33 Å². The Balaban J connectivity index is 1.44. The van der Waals surface area contributed by atoms with Crippen molar-refractivity contribution in [2.75, 3.05) is 13.1 Å². The maximum atomic E-state index is 5.98. The summed E-state index contributed by atoms with van der Waals surface area (Å²) in [5.41, 5.74) is 1.19. The minimum atomic E-state index is 0.183. The highest BCUT2D eigenvalue weighted by atomic mass is 35.5. The molecule has 1 N–H and O–H groups in total. The Morgan fingerprint density at radius 3 is 3.20 bits per heavy atom. The maximum absolute atomic E-state index is 5.98. The largest absolute Gasteiger partial charge is 0.488 e. The van der Waals surface area contributed by atoms with Gasteiger partial charge in [-0.05, 0) is 23.8 Å². The Bertz CT molecular complexity index is 599. The van der Waals surface area contributed by atoms with Crippen molar-refractivity contribution < 1.29 is 4.74 Å². The lowest BCUT2D eigenvalue weighted by molar-refractivity contribution is 0.228. The fraction of sp³-hybridized carbons (Fsp3) is 0.429. The summed E-state index contributed by atoms with van der Waals surface area (Å²) >= 11 is 5.98. The summed E-state index contributed by atoms with van der Waals surface area (Å²) in [6, 6.07) is 5.79. The van der Waals surface area contributed by atoms with Crippen molar-refractivity contribution in [3.63, 3.8) is 0 Å². The summed E-state index contributed by atoms with van der Waals surface area (Å²) in [5.74, 6) is 1.94. The van der Waals surface area contributed by atoms with E-state index >= 15 is 0 Å². The molecule has 2 aromatic rings. The van der Waals surface area contributed by atoms with Crippen LogP contribution in [-0.2, 0) is 19.9 Å². The molecule has 3 rings (SSSR count). The molecule has 0 saturated carbocycles. The minimum Gasteiger partial charge on any atom is -0.488 e. The van der Waals surface area contributed by atoms with Gasteiger partial charge in [-0.3, -0.25) is 0 Å². The fourth-order valence-corrected chi connectivity index (χ4v) is 2.59. The average molecular weight is 293 g/mol. The van der Waals surface area contributed by atoms with Crippen molar-refractivity contribution in [3.05, 3.63) is 40.9 Å². The number of aryl methyl sites for hydroxylation is 1. The molecule has 1 aliphatic rings. The molecule has 0 fully saturated rings. The van der Waals surface area contributed by atoms with E-state index in [2.05, 4.69) is 15.5 Å². The summed E-state index contributed by atoms with van der Waals surface area (Å²) in [7, 11) is 1.95. The highest BCUT2D eigenvalue weighted by Crippen LogP contribution is 2.30. The van der Waals surface area contributed by atoms with Crippen LogP contribution in [0, 0.1) is 0 Å². The standard InChI is InChI=1S/C14H17ClN4O/c1-19-9-17-18-14(19)4-5-16-8-12-7-10-6-11(15)2-3-13(10)20-12/h2-3,6,9,12,16H,4-5,7-8H2,1H3. The first kappa shape index (κ1) is 13.4. The van der Waals surface area contributed by atoms with Crippen LogP contribution in [0.1, 0.15) is 11.4 Å². The monoisotopic (exact) mass is 292 g/mol. The van der Waals surface area contributed by atoms with E-state index in [9.17, 15) is 0 Å². The number of hydrogen-bond acceptors (Lipinski definition) is 4. The average Bonchev–Trinajstić information content (AvgIpc) is 3.00. The van der Waals surface area contributed by atoms with Gasteiger partial charge in [0.2, 0.25) is 0 Å². The molecule has 0 saturated heterocycles. The minimum absolute atomic E-state index is 0.183. The van der Waals surface area contributed by atoms with Crippen molar-refractivity contribution in [1.82, 2.24) is 20.1 Å². The molecule has 106 valence electrons. The normalized spacial score (nSPS) is 17.0. The van der Waals surface area contributed by atoms with Gasteiger partial charge in [0.1, 0.15) is 24.0 Å². The van der Waals surface area contributed by atoms with Gasteiger partial charge in [0, 0.05) is 38.0 Å². The molecule has 2 heterocycles. The number of benzene rings is 1. The van der Waals surface area contributed by atoms with Gasteiger partial charge in [-0.15, -0.1) is 10.2 Å². The smallest absolute Gasteiger partial charge is 0.133 e. The molecule has 1 aromatic heterocycles. The van der Waals surface area contributed by atoms with E-state index in [1.807, 2.05) is 29.8 Å². The molecular weight excluding hydrogens is 276 g/mol. The number of nitrogens with zero attached hydrogens (tertiary/aromatic N) is 3. The predicted octanol–water partition coefficient (Wildman–Crippen LogP) is 1.60. The molecule has 20 heavy (non-hydrogen) atoms. The van der Waals surface area contributed by atoms with Gasteiger partial charge < -0.3 is 14.6 Å². The van der Waals surface area contributed by atoms with Crippen molar-refractivity contribution >= 4 is 11.6 Å². The van der Waals surface area contributed by atoms with Crippen LogP contribution in [0.5, 0.6) is 5.75 Å². The molecule has 0 bridgehead atoms. The second-order valence-corrected chi connectivity index (χ2v) is 5.44. The topological polar surface area (TPSA) is 52.0 Å². The summed E-state index contributed by atoms with van der Waals surface area (Å²) in [4.78, 5) is 0. The van der Waals surface area contributed by atoms with Gasteiger partial charge in [0.15, 0.2) is 0 Å². The molecule has 6 heteroatoms. The van der Waals surface area contributed by atoms with E-state index in [4.69, 9.17) is 16.3 Å². The van der Waals surface area contributed by atoms with E-state index in [-0.39, 0.29) is 6.10 Å². The third kappa shape index (κ3) is 2.94. The number of aromatic nitrogens is 3. The number of nitrogens with one attached hydrogen (secondary N) is 1. The SMILES string of the molecule is Cn1cnnc1CCNCC1Cc2cc(Cl)ccc2O1. The van der Waals surface area contributed by atoms with E-state index in [0.29, 0.717) is 0 Å². The molecule has 1 aromatic carbocycles. The number of fused-ring (bicyclic) bond motifs is 1. The van der Waals surface area contributed by atoms with Gasteiger partial charge in [-0.25, -0.2) is 0 Å².